The number of anilines is 1. The van der Waals surface area contributed by atoms with E-state index in [-0.39, 0.29) is 5.69 Å². The number of nitrogens with one attached hydrogen (secondary N) is 1. The molecular formula is C21H21BF2N2O2. The monoisotopic (exact) mass is 382 g/mol. The number of halogens is 2. The van der Waals surface area contributed by atoms with Gasteiger partial charge >= 0.3 is 0 Å². The first-order chi connectivity index (χ1) is 13.2. The van der Waals surface area contributed by atoms with Gasteiger partial charge in [0.05, 0.1) is 13.5 Å². The van der Waals surface area contributed by atoms with Gasteiger partial charge in [-0.25, -0.2) is 8.78 Å². The average Bonchev–Trinajstić information content (AvgIpc) is 2.64. The Balaban J connectivity index is 2.10. The molecule has 0 saturated carbocycles. The van der Waals surface area contributed by atoms with Crippen LogP contribution in [0.5, 0.6) is 0 Å². The van der Waals surface area contributed by atoms with Crippen molar-refractivity contribution >= 4 is 25.3 Å². The average molecular weight is 382 g/mol. The summed E-state index contributed by atoms with van der Waals surface area (Å²) in [5, 5.41) is 2.58. The van der Waals surface area contributed by atoms with Crippen LogP contribution in [0.15, 0.2) is 49.1 Å². The molecule has 4 nitrogen and oxygen atoms in total. The lowest BCUT2D eigenvalue weighted by molar-refractivity contribution is -0.122. The van der Waals surface area contributed by atoms with Crippen LogP contribution < -0.4 is 10.2 Å². The molecule has 1 atom stereocenters. The van der Waals surface area contributed by atoms with Crippen molar-refractivity contribution < 1.29 is 18.4 Å². The van der Waals surface area contributed by atoms with E-state index in [9.17, 15) is 18.4 Å². The van der Waals surface area contributed by atoms with E-state index in [1.807, 2.05) is 32.0 Å². The zero-order valence-electron chi connectivity index (χ0n) is 15.8. The van der Waals surface area contributed by atoms with Crippen molar-refractivity contribution in [3.05, 3.63) is 77.4 Å². The lowest BCUT2D eigenvalue weighted by atomic mass is 9.87. The molecule has 28 heavy (non-hydrogen) atoms. The van der Waals surface area contributed by atoms with E-state index in [1.165, 1.54) is 12.1 Å². The molecule has 1 N–H and O–H groups in total. The zero-order valence-corrected chi connectivity index (χ0v) is 15.8. The molecule has 144 valence electrons. The lowest BCUT2D eigenvalue weighted by Gasteiger charge is -2.23. The van der Waals surface area contributed by atoms with Gasteiger partial charge in [0.2, 0.25) is 5.91 Å². The fraction of sp³-hybridized carbons (Fsp3) is 0.238. The zero-order chi connectivity index (χ0) is 20.8. The molecule has 7 heteroatoms. The summed E-state index contributed by atoms with van der Waals surface area (Å²) in [7, 11) is 6.00. The van der Waals surface area contributed by atoms with E-state index < -0.39 is 35.9 Å². The Kier molecular flexibility index (Phi) is 7.09. The molecule has 0 aromatic heterocycles. The Morgan fingerprint density at radius 1 is 1.25 bits per heavy atom. The second kappa shape index (κ2) is 9.31. The van der Waals surface area contributed by atoms with Crippen molar-refractivity contribution in [3.8, 4) is 0 Å². The summed E-state index contributed by atoms with van der Waals surface area (Å²) in [5.74, 6) is -4.37. The maximum Gasteiger partial charge on any atom is 0.250 e. The van der Waals surface area contributed by atoms with E-state index in [0.717, 1.165) is 33.7 Å². The van der Waals surface area contributed by atoms with Gasteiger partial charge in [0, 0.05) is 0 Å². The van der Waals surface area contributed by atoms with Crippen molar-refractivity contribution in [1.82, 2.24) is 5.32 Å². The van der Waals surface area contributed by atoms with Crippen LogP contribution in [0.4, 0.5) is 14.5 Å². The van der Waals surface area contributed by atoms with Crippen LogP contribution in [0.3, 0.4) is 0 Å². The highest BCUT2D eigenvalue weighted by atomic mass is 19.2. The lowest BCUT2D eigenvalue weighted by Crippen LogP contribution is -2.45. The van der Waals surface area contributed by atoms with Crippen molar-refractivity contribution in [2.45, 2.75) is 26.2 Å². The van der Waals surface area contributed by atoms with Crippen LogP contribution in [0.25, 0.3) is 0 Å². The molecule has 2 amide bonds. The molecule has 0 unspecified atom stereocenters. The highest BCUT2D eigenvalue weighted by molar-refractivity contribution is 6.13. The Morgan fingerprint density at radius 2 is 1.96 bits per heavy atom. The molecule has 0 aliphatic rings. The Hall–Kier alpha value is -2.96. The van der Waals surface area contributed by atoms with Gasteiger partial charge in [-0.3, -0.25) is 14.5 Å². The molecular weight excluding hydrogens is 361 g/mol. The second-order valence-electron chi connectivity index (χ2n) is 6.51. The number of hydrogen-bond acceptors (Lipinski definition) is 2. The SMILES string of the molecule is [B][C@H](Cc1ccc(C)cc1C)NC(=O)CN(C(=O)C=C)c1cccc(F)c1F. The summed E-state index contributed by atoms with van der Waals surface area (Å²) in [4.78, 5) is 25.2. The molecule has 2 radical (unpaired) electrons. The maximum atomic E-state index is 14.1. The third-order valence-corrected chi connectivity index (χ3v) is 4.25. The minimum absolute atomic E-state index is 0.344. The third kappa shape index (κ3) is 5.28. The van der Waals surface area contributed by atoms with Crippen LogP contribution >= 0.6 is 0 Å². The molecule has 2 aromatic rings. The predicted molar refractivity (Wildman–Crippen MR) is 106 cm³/mol. The second-order valence-corrected chi connectivity index (χ2v) is 6.51. The summed E-state index contributed by atoms with van der Waals surface area (Å²) >= 11 is 0. The van der Waals surface area contributed by atoms with E-state index in [1.54, 1.807) is 0 Å². The highest BCUT2D eigenvalue weighted by Gasteiger charge is 2.22. The molecule has 0 spiro atoms. The number of nitrogens with zero attached hydrogens (tertiary/aromatic N) is 1. The summed E-state index contributed by atoms with van der Waals surface area (Å²) in [6.07, 6.45) is 1.31. The van der Waals surface area contributed by atoms with Crippen molar-refractivity contribution in [3.63, 3.8) is 0 Å². The minimum Gasteiger partial charge on any atom is -0.360 e. The summed E-state index contributed by atoms with van der Waals surface area (Å²) < 4.78 is 27.6. The Morgan fingerprint density at radius 3 is 2.61 bits per heavy atom. The number of carbonyl (C=O) groups excluding carboxylic acids is 2. The van der Waals surface area contributed by atoms with Crippen LogP contribution in [-0.4, -0.2) is 32.1 Å². The Bertz CT molecular complexity index is 902. The van der Waals surface area contributed by atoms with Gasteiger partial charge in [-0.1, -0.05) is 36.4 Å². The van der Waals surface area contributed by atoms with Gasteiger partial charge < -0.3 is 5.32 Å². The van der Waals surface area contributed by atoms with Crippen molar-refractivity contribution in [1.29, 1.82) is 0 Å². The third-order valence-electron chi connectivity index (χ3n) is 4.25. The molecule has 2 aromatic carbocycles. The number of hydrogen-bond donors (Lipinski definition) is 1. The Labute approximate surface area is 164 Å². The first-order valence-electron chi connectivity index (χ1n) is 8.72. The van der Waals surface area contributed by atoms with Crippen LogP contribution in [0, 0.1) is 25.5 Å². The smallest absolute Gasteiger partial charge is 0.250 e. The highest BCUT2D eigenvalue weighted by Crippen LogP contribution is 2.21. The first kappa shape index (κ1) is 21.3. The van der Waals surface area contributed by atoms with Gasteiger partial charge in [0.15, 0.2) is 11.6 Å². The molecule has 0 aliphatic heterocycles. The molecule has 0 aliphatic carbocycles. The van der Waals surface area contributed by atoms with Crippen LogP contribution in [0.2, 0.25) is 0 Å². The largest absolute Gasteiger partial charge is 0.360 e. The molecule has 0 saturated heterocycles. The summed E-state index contributed by atoms with van der Waals surface area (Å²) in [5.41, 5.74) is 2.81. The molecule has 0 fully saturated rings. The summed E-state index contributed by atoms with van der Waals surface area (Å²) in [6, 6.07) is 9.29. The van der Waals surface area contributed by atoms with Gasteiger partial charge in [-0.05, 0) is 55.5 Å². The van der Waals surface area contributed by atoms with Crippen molar-refractivity contribution in [2.75, 3.05) is 11.4 Å². The fourth-order valence-electron chi connectivity index (χ4n) is 2.85. The number of rotatable bonds is 7. The minimum atomic E-state index is -1.22. The molecule has 2 rings (SSSR count). The van der Waals surface area contributed by atoms with Crippen LogP contribution in [0.1, 0.15) is 16.7 Å². The number of carbonyl (C=O) groups is 2. The number of amides is 2. The van der Waals surface area contributed by atoms with Gasteiger partial charge in [-0.2, -0.15) is 0 Å². The standard InChI is InChI=1S/C21H21BF2N2O2/c1-4-20(28)26(17-7-5-6-16(23)21(17)24)12-19(27)25-18(22)11-15-9-8-13(2)10-14(15)3/h4-10,18H,1,11-12H2,2-3H3,(H,25,27)/t18-/m0/s1. The van der Waals surface area contributed by atoms with Gasteiger partial charge in [0.1, 0.15) is 6.54 Å². The van der Waals surface area contributed by atoms with Crippen molar-refractivity contribution in [2.24, 2.45) is 0 Å². The summed E-state index contributed by atoms with van der Waals surface area (Å²) in [6.45, 7) is 6.75. The first-order valence-corrected chi connectivity index (χ1v) is 8.72. The van der Waals surface area contributed by atoms with E-state index in [0.29, 0.717) is 6.42 Å². The van der Waals surface area contributed by atoms with E-state index in [2.05, 4.69) is 11.9 Å². The number of aryl methyl sites for hydroxylation is 2. The topological polar surface area (TPSA) is 49.4 Å². The van der Waals surface area contributed by atoms with Gasteiger partial charge in [0.25, 0.3) is 5.91 Å². The molecule has 0 heterocycles. The van der Waals surface area contributed by atoms with Gasteiger partial charge in [-0.15, -0.1) is 0 Å². The fourth-order valence-corrected chi connectivity index (χ4v) is 2.85. The predicted octanol–water partition coefficient (Wildman–Crippen LogP) is 2.95. The quantitative estimate of drug-likeness (QED) is 0.592. The number of benzene rings is 2. The molecule has 0 bridgehead atoms. The normalized spacial score (nSPS) is 11.6. The van der Waals surface area contributed by atoms with E-state index >= 15 is 0 Å². The van der Waals surface area contributed by atoms with E-state index in [4.69, 9.17) is 7.85 Å². The van der Waals surface area contributed by atoms with Crippen LogP contribution in [-0.2, 0) is 16.0 Å². The maximum absolute atomic E-state index is 14.1.